The number of hydrogen-bond donors (Lipinski definition) is 3. The molecule has 3 N–H and O–H groups in total. The summed E-state index contributed by atoms with van der Waals surface area (Å²) in [4.78, 5) is 39.8. The first-order valence-corrected chi connectivity index (χ1v) is 11.6. The molecule has 1 saturated heterocycles. The number of carbonyl (C=O) groups excluding carboxylic acids is 2. The summed E-state index contributed by atoms with van der Waals surface area (Å²) >= 11 is 7.11. The van der Waals surface area contributed by atoms with Crippen molar-refractivity contribution in [3.63, 3.8) is 0 Å². The average molecular weight is 487 g/mol. The number of amides is 2. The first-order chi connectivity index (χ1) is 15.9. The van der Waals surface area contributed by atoms with Gasteiger partial charge in [-0.1, -0.05) is 17.7 Å². The molecule has 1 aromatic carbocycles. The van der Waals surface area contributed by atoms with Crippen LogP contribution in [0, 0.1) is 0 Å². The summed E-state index contributed by atoms with van der Waals surface area (Å²) in [5.41, 5.74) is 1.15. The molecule has 0 bridgehead atoms. The highest BCUT2D eigenvalue weighted by molar-refractivity contribution is 7.18. The molecule has 1 aliphatic heterocycles. The zero-order chi connectivity index (χ0) is 23.4. The molecule has 3 aromatic rings. The van der Waals surface area contributed by atoms with Gasteiger partial charge in [-0.05, 0) is 48.9 Å². The van der Waals surface area contributed by atoms with Gasteiger partial charge in [-0.25, -0.2) is 0 Å². The highest BCUT2D eigenvalue weighted by Crippen LogP contribution is 2.24. The van der Waals surface area contributed by atoms with E-state index in [1.54, 1.807) is 54.7 Å². The Morgan fingerprint density at radius 1 is 1.12 bits per heavy atom. The lowest BCUT2D eigenvalue weighted by Crippen LogP contribution is -2.41. The maximum absolute atomic E-state index is 13.0. The number of aromatic nitrogens is 1. The predicted octanol–water partition coefficient (Wildman–Crippen LogP) is 2.36. The van der Waals surface area contributed by atoms with Gasteiger partial charge < -0.3 is 15.7 Å². The van der Waals surface area contributed by atoms with Gasteiger partial charge in [0, 0.05) is 42.8 Å². The number of aliphatic hydroxyl groups is 1. The second kappa shape index (κ2) is 10.3. The lowest BCUT2D eigenvalue weighted by atomic mass is 10.1. The van der Waals surface area contributed by atoms with Gasteiger partial charge in [0.15, 0.2) is 0 Å². The van der Waals surface area contributed by atoms with Crippen molar-refractivity contribution in [2.24, 2.45) is 0 Å². The summed E-state index contributed by atoms with van der Waals surface area (Å²) in [7, 11) is 0. The van der Waals surface area contributed by atoms with Crippen molar-refractivity contribution >= 4 is 40.4 Å². The van der Waals surface area contributed by atoms with Gasteiger partial charge in [0.2, 0.25) is 5.91 Å². The summed E-state index contributed by atoms with van der Waals surface area (Å²) in [6.07, 6.45) is 2.11. The molecule has 172 valence electrons. The summed E-state index contributed by atoms with van der Waals surface area (Å²) in [5.74, 6) is -0.447. The van der Waals surface area contributed by atoms with Crippen LogP contribution in [-0.2, 0) is 4.79 Å². The highest BCUT2D eigenvalue weighted by atomic mass is 35.5. The minimum Gasteiger partial charge on any atom is -0.395 e. The molecule has 2 amide bonds. The molecular weight excluding hydrogens is 464 g/mol. The van der Waals surface area contributed by atoms with Gasteiger partial charge in [0.25, 0.3) is 11.5 Å². The van der Waals surface area contributed by atoms with Gasteiger partial charge in [-0.3, -0.25) is 23.9 Å². The highest BCUT2D eigenvalue weighted by Gasteiger charge is 2.37. The summed E-state index contributed by atoms with van der Waals surface area (Å²) in [6.45, 7) is 0.690. The Kier molecular flexibility index (Phi) is 7.24. The Balaban J connectivity index is 1.41. The lowest BCUT2D eigenvalue weighted by molar-refractivity contribution is -0.120. The van der Waals surface area contributed by atoms with Crippen LogP contribution in [0.1, 0.15) is 16.1 Å². The molecule has 4 rings (SSSR count). The number of thiophene rings is 1. The first-order valence-electron chi connectivity index (χ1n) is 10.4. The molecule has 0 aliphatic carbocycles. The molecule has 8 nitrogen and oxygen atoms in total. The van der Waals surface area contributed by atoms with Crippen LogP contribution in [0.4, 0.5) is 5.69 Å². The number of rotatable bonds is 7. The van der Waals surface area contributed by atoms with Crippen LogP contribution < -0.4 is 16.2 Å². The molecule has 0 radical (unpaired) electrons. The normalized spacial score (nSPS) is 18.2. The Morgan fingerprint density at radius 2 is 1.91 bits per heavy atom. The summed E-state index contributed by atoms with van der Waals surface area (Å²) < 4.78 is 2.05. The van der Waals surface area contributed by atoms with E-state index in [1.165, 1.54) is 22.0 Å². The summed E-state index contributed by atoms with van der Waals surface area (Å²) in [6, 6.07) is 14.5. The second-order valence-electron chi connectivity index (χ2n) is 7.69. The number of benzene rings is 1. The summed E-state index contributed by atoms with van der Waals surface area (Å²) in [5, 5.41) is 15.3. The van der Waals surface area contributed by atoms with Gasteiger partial charge in [-0.15, -0.1) is 11.3 Å². The third kappa shape index (κ3) is 5.51. The largest absolute Gasteiger partial charge is 0.395 e. The lowest BCUT2D eigenvalue weighted by Gasteiger charge is -2.22. The Hall–Kier alpha value is -2.98. The van der Waals surface area contributed by atoms with Crippen molar-refractivity contribution in [1.82, 2.24) is 14.8 Å². The van der Waals surface area contributed by atoms with E-state index in [4.69, 9.17) is 11.6 Å². The van der Waals surface area contributed by atoms with E-state index in [-0.39, 0.29) is 30.0 Å². The van der Waals surface area contributed by atoms with Crippen LogP contribution in [0.2, 0.25) is 4.34 Å². The van der Waals surface area contributed by atoms with E-state index in [1.807, 2.05) is 4.90 Å². The van der Waals surface area contributed by atoms with Gasteiger partial charge >= 0.3 is 0 Å². The zero-order valence-corrected chi connectivity index (χ0v) is 19.2. The van der Waals surface area contributed by atoms with Gasteiger partial charge in [0.1, 0.15) is 0 Å². The molecule has 3 heterocycles. The number of anilines is 1. The van der Waals surface area contributed by atoms with E-state index in [0.717, 1.165) is 0 Å². The van der Waals surface area contributed by atoms with Crippen molar-refractivity contribution in [1.29, 1.82) is 0 Å². The Bertz CT molecular complexity index is 1190. The molecule has 2 atom stereocenters. The average Bonchev–Trinajstić information content (AvgIpc) is 3.41. The number of aliphatic hydroxyl groups excluding tert-OH is 1. The Labute approximate surface area is 199 Å². The topological polar surface area (TPSA) is 104 Å². The zero-order valence-electron chi connectivity index (χ0n) is 17.6. The predicted molar refractivity (Wildman–Crippen MR) is 128 cm³/mol. The van der Waals surface area contributed by atoms with E-state index in [9.17, 15) is 19.5 Å². The fourth-order valence-electron chi connectivity index (χ4n) is 3.92. The van der Waals surface area contributed by atoms with Crippen LogP contribution in [-0.4, -0.2) is 58.2 Å². The molecule has 0 spiro atoms. The maximum atomic E-state index is 13.0. The van der Waals surface area contributed by atoms with Crippen molar-refractivity contribution in [3.05, 3.63) is 80.4 Å². The first kappa shape index (κ1) is 23.2. The monoisotopic (exact) mass is 486 g/mol. The van der Waals surface area contributed by atoms with Gasteiger partial charge in [-0.2, -0.15) is 0 Å². The van der Waals surface area contributed by atoms with Crippen molar-refractivity contribution in [2.75, 3.05) is 25.0 Å². The standard InChI is InChI=1S/C23H23ClN4O4S/c24-20-9-8-19(33-20)23(32)26-16-13-18(27(14-16)11-12-29)22(31)25-15-4-6-17(7-5-15)28-10-2-1-3-21(28)30/h1-10,16,18,29H,11-14H2,(H,25,31)(H,26,32)/t16?,18-/m0/s1. The fourth-order valence-corrected chi connectivity index (χ4v) is 4.87. The smallest absolute Gasteiger partial charge is 0.261 e. The SMILES string of the molecule is O=C(NC1C[C@@H](C(=O)Nc2ccc(-n3ccccc3=O)cc2)N(CCO)C1)c1ccc(Cl)s1. The van der Waals surface area contributed by atoms with E-state index in [2.05, 4.69) is 10.6 Å². The Morgan fingerprint density at radius 3 is 2.58 bits per heavy atom. The molecular formula is C23H23ClN4O4S. The van der Waals surface area contributed by atoms with Crippen LogP contribution in [0.25, 0.3) is 5.69 Å². The van der Waals surface area contributed by atoms with Crippen LogP contribution in [0.5, 0.6) is 0 Å². The van der Waals surface area contributed by atoms with E-state index < -0.39 is 6.04 Å². The van der Waals surface area contributed by atoms with Crippen LogP contribution >= 0.6 is 22.9 Å². The fraction of sp³-hybridized carbons (Fsp3) is 0.261. The maximum Gasteiger partial charge on any atom is 0.261 e. The minimum atomic E-state index is -0.495. The molecule has 0 saturated carbocycles. The molecule has 33 heavy (non-hydrogen) atoms. The number of nitrogens with one attached hydrogen (secondary N) is 2. The number of β-amino-alcohol motifs (C(OH)–C–C–N with tert-alkyl or cyclic N) is 1. The molecule has 2 aromatic heterocycles. The third-order valence-corrected chi connectivity index (χ3v) is 6.69. The van der Waals surface area contributed by atoms with Crippen molar-refractivity contribution < 1.29 is 14.7 Å². The van der Waals surface area contributed by atoms with Crippen molar-refractivity contribution in [3.8, 4) is 5.69 Å². The number of carbonyl (C=O) groups is 2. The van der Waals surface area contributed by atoms with Gasteiger partial charge in [0.05, 0.1) is 21.9 Å². The quantitative estimate of drug-likeness (QED) is 0.475. The number of halogens is 1. The van der Waals surface area contributed by atoms with E-state index in [0.29, 0.717) is 40.1 Å². The number of nitrogens with zero attached hydrogens (tertiary/aromatic N) is 2. The molecule has 1 fully saturated rings. The van der Waals surface area contributed by atoms with Crippen LogP contribution in [0.3, 0.4) is 0 Å². The molecule has 1 aliphatic rings. The molecule has 1 unspecified atom stereocenters. The minimum absolute atomic E-state index is 0.0918. The number of pyridine rings is 1. The van der Waals surface area contributed by atoms with E-state index >= 15 is 0 Å². The van der Waals surface area contributed by atoms with Crippen LogP contribution in [0.15, 0.2) is 65.6 Å². The number of hydrogen-bond acceptors (Lipinski definition) is 6. The second-order valence-corrected chi connectivity index (χ2v) is 9.40. The van der Waals surface area contributed by atoms with Crippen molar-refractivity contribution in [2.45, 2.75) is 18.5 Å². The number of likely N-dealkylation sites (tertiary alicyclic amines) is 1. The molecule has 10 heteroatoms. The third-order valence-electron chi connectivity index (χ3n) is 5.46.